The molecule has 0 spiro atoms. The van der Waals surface area contributed by atoms with Gasteiger partial charge in [-0.2, -0.15) is 9.90 Å². The van der Waals surface area contributed by atoms with Crippen molar-refractivity contribution >= 4 is 18.3 Å². The summed E-state index contributed by atoms with van der Waals surface area (Å²) in [5, 5.41) is 11.7. The lowest BCUT2D eigenvalue weighted by atomic mass is 10.2. The van der Waals surface area contributed by atoms with Gasteiger partial charge in [0.1, 0.15) is 0 Å². The Labute approximate surface area is 129 Å². The molecule has 1 aromatic heterocycles. The summed E-state index contributed by atoms with van der Waals surface area (Å²) in [6, 6.07) is 9.80. The molecule has 1 atom stereocenters. The third-order valence-electron chi connectivity index (χ3n) is 3.60. The number of amides is 1. The predicted octanol–water partition coefficient (Wildman–Crippen LogP) is 1.12. The second kappa shape index (κ2) is 6.69. The van der Waals surface area contributed by atoms with Crippen LogP contribution < -0.4 is 5.32 Å². The number of halogens is 1. The van der Waals surface area contributed by atoms with Crippen LogP contribution in [0.25, 0.3) is 5.69 Å². The van der Waals surface area contributed by atoms with Crippen molar-refractivity contribution in [1.29, 1.82) is 0 Å². The van der Waals surface area contributed by atoms with Crippen LogP contribution in [0, 0.1) is 0 Å². The minimum absolute atomic E-state index is 0. The second-order valence-corrected chi connectivity index (χ2v) is 4.92. The zero-order chi connectivity index (χ0) is 13.9. The smallest absolute Gasteiger partial charge is 0.276 e. The van der Waals surface area contributed by atoms with Gasteiger partial charge in [0.05, 0.1) is 11.9 Å². The summed E-state index contributed by atoms with van der Waals surface area (Å²) < 4.78 is 0. The topological polar surface area (TPSA) is 63.1 Å². The number of hydrogen-bond donors (Lipinski definition) is 1. The van der Waals surface area contributed by atoms with Crippen molar-refractivity contribution in [2.24, 2.45) is 0 Å². The van der Waals surface area contributed by atoms with E-state index < -0.39 is 0 Å². The Morgan fingerprint density at radius 1 is 1.38 bits per heavy atom. The van der Waals surface area contributed by atoms with Crippen LogP contribution in [0.4, 0.5) is 0 Å². The van der Waals surface area contributed by atoms with Gasteiger partial charge in [-0.1, -0.05) is 18.2 Å². The highest BCUT2D eigenvalue weighted by atomic mass is 35.5. The summed E-state index contributed by atoms with van der Waals surface area (Å²) in [5.41, 5.74) is 1.22. The van der Waals surface area contributed by atoms with E-state index in [0.717, 1.165) is 25.2 Å². The molecule has 1 aliphatic heterocycles. The average molecular weight is 308 g/mol. The predicted molar refractivity (Wildman–Crippen MR) is 82.0 cm³/mol. The second-order valence-electron chi connectivity index (χ2n) is 4.92. The van der Waals surface area contributed by atoms with Crippen LogP contribution in [0.1, 0.15) is 16.9 Å². The first-order valence-corrected chi connectivity index (χ1v) is 6.71. The number of nitrogens with zero attached hydrogens (tertiary/aromatic N) is 4. The van der Waals surface area contributed by atoms with Gasteiger partial charge in [0.25, 0.3) is 5.91 Å². The highest BCUT2D eigenvalue weighted by Crippen LogP contribution is 2.11. The van der Waals surface area contributed by atoms with E-state index >= 15 is 0 Å². The van der Waals surface area contributed by atoms with E-state index in [1.165, 1.54) is 11.0 Å². The van der Waals surface area contributed by atoms with Gasteiger partial charge in [0.15, 0.2) is 5.69 Å². The number of carbonyl (C=O) groups is 1. The van der Waals surface area contributed by atoms with E-state index in [9.17, 15) is 4.79 Å². The van der Waals surface area contributed by atoms with Crippen molar-refractivity contribution in [2.75, 3.05) is 20.1 Å². The molecule has 3 rings (SSSR count). The van der Waals surface area contributed by atoms with Gasteiger partial charge in [0, 0.05) is 19.6 Å². The number of hydrogen-bond acceptors (Lipinski definition) is 4. The lowest BCUT2D eigenvalue weighted by Crippen LogP contribution is -2.38. The van der Waals surface area contributed by atoms with E-state index in [1.807, 2.05) is 37.4 Å². The molecule has 0 bridgehead atoms. The lowest BCUT2D eigenvalue weighted by Gasteiger charge is -2.22. The van der Waals surface area contributed by atoms with E-state index in [-0.39, 0.29) is 24.4 Å². The molecule has 6 nitrogen and oxygen atoms in total. The molecule has 0 aliphatic carbocycles. The summed E-state index contributed by atoms with van der Waals surface area (Å²) in [4.78, 5) is 15.6. The van der Waals surface area contributed by atoms with Crippen molar-refractivity contribution in [3.8, 4) is 5.69 Å². The summed E-state index contributed by atoms with van der Waals surface area (Å²) in [5.74, 6) is -0.0825. The van der Waals surface area contributed by atoms with Crippen molar-refractivity contribution in [3.63, 3.8) is 0 Å². The first-order chi connectivity index (χ1) is 9.75. The molecule has 7 heteroatoms. The zero-order valence-corrected chi connectivity index (χ0v) is 12.6. The molecule has 1 aliphatic rings. The molecular formula is C14H18ClN5O. The molecule has 21 heavy (non-hydrogen) atoms. The van der Waals surface area contributed by atoms with Gasteiger partial charge in [-0.25, -0.2) is 0 Å². The van der Waals surface area contributed by atoms with Crippen LogP contribution in [-0.2, 0) is 0 Å². The number of nitrogens with one attached hydrogen (secondary N) is 1. The highest BCUT2D eigenvalue weighted by molar-refractivity contribution is 5.92. The molecule has 1 saturated heterocycles. The van der Waals surface area contributed by atoms with E-state index in [1.54, 1.807) is 4.90 Å². The van der Waals surface area contributed by atoms with Gasteiger partial charge in [-0.3, -0.25) is 4.79 Å². The Hall–Kier alpha value is -1.92. The Balaban J connectivity index is 0.00000161. The number of carbonyl (C=O) groups excluding carboxylic acids is 1. The molecular weight excluding hydrogens is 290 g/mol. The van der Waals surface area contributed by atoms with Crippen molar-refractivity contribution in [3.05, 3.63) is 42.2 Å². The summed E-state index contributed by atoms with van der Waals surface area (Å²) in [6.07, 6.45) is 2.50. The van der Waals surface area contributed by atoms with Crippen LogP contribution >= 0.6 is 12.4 Å². The Kier molecular flexibility index (Phi) is 4.93. The van der Waals surface area contributed by atoms with Gasteiger partial charge in [-0.05, 0) is 25.1 Å². The Morgan fingerprint density at radius 3 is 2.81 bits per heavy atom. The summed E-state index contributed by atoms with van der Waals surface area (Å²) in [7, 11) is 1.82. The molecule has 1 N–H and O–H groups in total. The minimum atomic E-state index is -0.0825. The Bertz CT molecular complexity index is 594. The monoisotopic (exact) mass is 307 g/mol. The van der Waals surface area contributed by atoms with Crippen LogP contribution in [0.2, 0.25) is 0 Å². The average Bonchev–Trinajstić information content (AvgIpc) is 3.18. The molecule has 112 valence electrons. The molecule has 1 amide bonds. The fourth-order valence-corrected chi connectivity index (χ4v) is 2.36. The maximum atomic E-state index is 12.4. The van der Waals surface area contributed by atoms with Crippen molar-refractivity contribution < 1.29 is 4.79 Å². The molecule has 2 heterocycles. The zero-order valence-electron chi connectivity index (χ0n) is 11.8. The molecule has 1 fully saturated rings. The molecule has 2 aromatic rings. The minimum Gasteiger partial charge on any atom is -0.336 e. The number of benzene rings is 1. The maximum Gasteiger partial charge on any atom is 0.276 e. The van der Waals surface area contributed by atoms with Crippen molar-refractivity contribution in [2.45, 2.75) is 12.5 Å². The molecule has 0 radical (unpaired) electrons. The lowest BCUT2D eigenvalue weighted by molar-refractivity contribution is 0.0737. The molecule has 1 unspecified atom stereocenters. The van der Waals surface area contributed by atoms with Crippen molar-refractivity contribution in [1.82, 2.24) is 25.2 Å². The standard InChI is InChI=1S/C14H17N5O.ClH/c1-18(12-7-8-15-9-12)14(20)13-10-16-19(17-13)11-5-3-2-4-6-11;/h2-6,10,12,15H,7-9H2,1H3;1H. The maximum absolute atomic E-state index is 12.4. The van der Waals surface area contributed by atoms with E-state index in [2.05, 4.69) is 15.5 Å². The normalized spacial score (nSPS) is 17.3. The highest BCUT2D eigenvalue weighted by Gasteiger charge is 2.25. The third kappa shape index (κ3) is 3.22. The first kappa shape index (κ1) is 15.5. The SMILES string of the molecule is CN(C(=O)c1cnn(-c2ccccc2)n1)C1CCNC1.Cl. The van der Waals surface area contributed by atoms with E-state index in [0.29, 0.717) is 5.69 Å². The quantitative estimate of drug-likeness (QED) is 0.923. The molecule has 0 saturated carbocycles. The fraction of sp³-hybridized carbons (Fsp3) is 0.357. The number of para-hydroxylation sites is 1. The van der Waals surface area contributed by atoms with Gasteiger partial charge in [0.2, 0.25) is 0 Å². The molecule has 1 aromatic carbocycles. The van der Waals surface area contributed by atoms with Crippen LogP contribution in [0.5, 0.6) is 0 Å². The Morgan fingerprint density at radius 2 is 2.14 bits per heavy atom. The van der Waals surface area contributed by atoms with Gasteiger partial charge in [-0.15, -0.1) is 17.5 Å². The number of likely N-dealkylation sites (N-methyl/N-ethyl adjacent to an activating group) is 1. The number of rotatable bonds is 3. The van der Waals surface area contributed by atoms with Gasteiger partial charge >= 0.3 is 0 Å². The van der Waals surface area contributed by atoms with Crippen LogP contribution in [-0.4, -0.2) is 52.0 Å². The largest absolute Gasteiger partial charge is 0.336 e. The first-order valence-electron chi connectivity index (χ1n) is 6.71. The summed E-state index contributed by atoms with van der Waals surface area (Å²) >= 11 is 0. The van der Waals surface area contributed by atoms with Crippen LogP contribution in [0.15, 0.2) is 36.5 Å². The van der Waals surface area contributed by atoms with E-state index in [4.69, 9.17) is 0 Å². The van der Waals surface area contributed by atoms with Crippen LogP contribution in [0.3, 0.4) is 0 Å². The van der Waals surface area contributed by atoms with Gasteiger partial charge < -0.3 is 10.2 Å². The number of aromatic nitrogens is 3. The third-order valence-corrected chi connectivity index (χ3v) is 3.60. The summed E-state index contributed by atoms with van der Waals surface area (Å²) in [6.45, 7) is 1.80. The fourth-order valence-electron chi connectivity index (χ4n) is 2.36.